The molecule has 0 saturated carbocycles. The van der Waals surface area contributed by atoms with Crippen LogP contribution in [0.5, 0.6) is 0 Å². The molecule has 0 aromatic heterocycles. The molecule has 0 aliphatic heterocycles. The van der Waals surface area contributed by atoms with Gasteiger partial charge in [0, 0.05) is 19.4 Å². The van der Waals surface area contributed by atoms with E-state index in [-0.39, 0.29) is 5.17 Å². The van der Waals surface area contributed by atoms with Gasteiger partial charge in [-0.25, -0.2) is 0 Å². The molecule has 0 bridgehead atoms. The lowest BCUT2D eigenvalue weighted by Gasteiger charge is -2.07. The van der Waals surface area contributed by atoms with E-state index in [1.807, 2.05) is 0 Å². The maximum absolute atomic E-state index is 11.8. The summed E-state index contributed by atoms with van der Waals surface area (Å²) < 4.78 is 0. The van der Waals surface area contributed by atoms with Gasteiger partial charge in [0.05, 0.1) is 0 Å². The zero-order valence-electron chi connectivity index (χ0n) is 15.4. The van der Waals surface area contributed by atoms with Crippen LogP contribution in [-0.2, 0) is 4.79 Å². The largest absolute Gasteiger partial charge is 0.300 e. The third-order valence-corrected chi connectivity index (χ3v) is 4.48. The van der Waals surface area contributed by atoms with Crippen LogP contribution in [-0.4, -0.2) is 17.5 Å². The molecule has 0 aliphatic rings. The van der Waals surface area contributed by atoms with E-state index < -0.39 is 0 Å². The van der Waals surface area contributed by atoms with Crippen molar-refractivity contribution in [3.8, 4) is 0 Å². The highest BCUT2D eigenvalue weighted by molar-refractivity contribution is 5.78. The van der Waals surface area contributed by atoms with Crippen molar-refractivity contribution in [1.82, 2.24) is 5.43 Å². The van der Waals surface area contributed by atoms with E-state index in [0.717, 1.165) is 57.4 Å². The highest BCUT2D eigenvalue weighted by Gasteiger charge is 2.03. The molecule has 136 valence electrons. The third-order valence-electron chi connectivity index (χ3n) is 4.48. The summed E-state index contributed by atoms with van der Waals surface area (Å²) in [6.45, 7) is 8.81. The molecule has 0 saturated heterocycles. The summed E-state index contributed by atoms with van der Waals surface area (Å²) in [6.07, 6.45) is 14.6. The maximum atomic E-state index is 11.8. The normalized spacial score (nSPS) is 13.7. The summed E-state index contributed by atoms with van der Waals surface area (Å²) in [5.74, 6) is 1.28. The van der Waals surface area contributed by atoms with Crippen molar-refractivity contribution in [3.63, 3.8) is 0 Å². The Hall–Kier alpha value is -0.710. The van der Waals surface area contributed by atoms with Gasteiger partial charge in [-0.1, -0.05) is 64.0 Å². The standard InChI is InChI=1S/C19H38N2O2/c1-4-18(3)14-10-9-12-16-19(22)15-11-7-6-8-13-17-20-21(23)5-2/h5,18,20,23H,2,4,6-17H2,1,3H3/p+1. The summed E-state index contributed by atoms with van der Waals surface area (Å²) in [7, 11) is 0. The number of rotatable bonds is 17. The van der Waals surface area contributed by atoms with Gasteiger partial charge in [-0.05, 0) is 31.8 Å². The van der Waals surface area contributed by atoms with Crippen molar-refractivity contribution in [2.45, 2.75) is 90.9 Å². The van der Waals surface area contributed by atoms with E-state index in [1.165, 1.54) is 38.3 Å². The Morgan fingerprint density at radius 1 is 1.09 bits per heavy atom. The predicted octanol–water partition coefficient (Wildman–Crippen LogP) is 3.81. The van der Waals surface area contributed by atoms with Crippen molar-refractivity contribution < 1.29 is 15.2 Å². The maximum Gasteiger partial charge on any atom is 0.139 e. The van der Waals surface area contributed by atoms with E-state index in [2.05, 4.69) is 25.9 Å². The second-order valence-corrected chi connectivity index (χ2v) is 6.69. The van der Waals surface area contributed by atoms with Gasteiger partial charge in [-0.3, -0.25) is 4.79 Å². The fourth-order valence-corrected chi connectivity index (χ4v) is 2.59. The molecule has 2 unspecified atom stereocenters. The number of nitrogens with one attached hydrogen (secondary N) is 2. The molecule has 0 spiro atoms. The Balaban J connectivity index is 3.26. The average Bonchev–Trinajstić information content (AvgIpc) is 2.56. The van der Waals surface area contributed by atoms with Crippen molar-refractivity contribution in [2.24, 2.45) is 5.92 Å². The molecule has 2 atom stereocenters. The molecular weight excluding hydrogens is 288 g/mol. The molecule has 0 aliphatic carbocycles. The number of hydrogen-bond donors (Lipinski definition) is 3. The van der Waals surface area contributed by atoms with Crippen LogP contribution < -0.4 is 10.6 Å². The molecule has 4 heteroatoms. The van der Waals surface area contributed by atoms with Crippen LogP contribution in [0.3, 0.4) is 0 Å². The first-order valence-corrected chi connectivity index (χ1v) is 9.54. The summed E-state index contributed by atoms with van der Waals surface area (Å²) in [6, 6.07) is 0. The first kappa shape index (κ1) is 22.3. The number of carbonyl (C=O) groups is 1. The Kier molecular flexibility index (Phi) is 15.7. The first-order chi connectivity index (χ1) is 11.1. The van der Waals surface area contributed by atoms with Crippen LogP contribution in [0, 0.1) is 5.92 Å². The molecule has 4 nitrogen and oxygen atoms in total. The Morgan fingerprint density at radius 2 is 1.65 bits per heavy atom. The Bertz CT molecular complexity index is 295. The van der Waals surface area contributed by atoms with Gasteiger partial charge in [0.15, 0.2) is 0 Å². The van der Waals surface area contributed by atoms with Crippen LogP contribution in [0.2, 0.25) is 0 Å². The van der Waals surface area contributed by atoms with Crippen molar-refractivity contribution >= 4 is 5.78 Å². The zero-order chi connectivity index (χ0) is 17.3. The highest BCUT2D eigenvalue weighted by atomic mass is 16.5. The van der Waals surface area contributed by atoms with Gasteiger partial charge in [0.2, 0.25) is 0 Å². The fraction of sp³-hybridized carbons (Fsp3) is 0.842. The van der Waals surface area contributed by atoms with Crippen LogP contribution >= 0.6 is 0 Å². The van der Waals surface area contributed by atoms with Gasteiger partial charge in [-0.2, -0.15) is 5.21 Å². The third kappa shape index (κ3) is 15.9. The van der Waals surface area contributed by atoms with Gasteiger partial charge in [-0.15, -0.1) is 5.43 Å². The topological polar surface area (TPSA) is 53.8 Å². The summed E-state index contributed by atoms with van der Waals surface area (Å²) in [4.78, 5) is 11.8. The van der Waals surface area contributed by atoms with Gasteiger partial charge in [0.1, 0.15) is 12.0 Å². The molecule has 0 rings (SSSR count). The fourth-order valence-electron chi connectivity index (χ4n) is 2.59. The number of hydrogen-bond acceptors (Lipinski definition) is 3. The van der Waals surface area contributed by atoms with E-state index in [4.69, 9.17) is 5.21 Å². The number of unbranched alkanes of at least 4 members (excludes halogenated alkanes) is 6. The minimum atomic E-state index is 0.153. The minimum absolute atomic E-state index is 0.153. The average molecular weight is 328 g/mol. The van der Waals surface area contributed by atoms with E-state index in [0.29, 0.717) is 5.78 Å². The van der Waals surface area contributed by atoms with Crippen LogP contribution in [0.25, 0.3) is 0 Å². The number of Topliss-reactive ketones (excluding diaryl/α,β-unsaturated/α-hetero) is 1. The molecule has 0 radical (unpaired) electrons. The Labute approximate surface area is 143 Å². The Morgan fingerprint density at radius 3 is 2.26 bits per heavy atom. The first-order valence-electron chi connectivity index (χ1n) is 9.54. The molecule has 0 aromatic carbocycles. The molecule has 0 heterocycles. The van der Waals surface area contributed by atoms with Gasteiger partial charge in [0.25, 0.3) is 0 Å². The quantitative estimate of drug-likeness (QED) is 0.281. The lowest BCUT2D eigenvalue weighted by atomic mass is 9.99. The smallest absolute Gasteiger partial charge is 0.139 e. The number of ketones is 1. The van der Waals surface area contributed by atoms with Crippen molar-refractivity contribution in [3.05, 3.63) is 12.8 Å². The molecule has 0 fully saturated rings. The zero-order valence-corrected chi connectivity index (χ0v) is 15.4. The second-order valence-electron chi connectivity index (χ2n) is 6.69. The number of carbonyl (C=O) groups excluding carboxylic acids is 1. The second kappa shape index (κ2) is 16.2. The van der Waals surface area contributed by atoms with E-state index >= 15 is 0 Å². The summed E-state index contributed by atoms with van der Waals surface area (Å²) in [5.41, 5.74) is 2.89. The van der Waals surface area contributed by atoms with Crippen LogP contribution in [0.15, 0.2) is 12.8 Å². The van der Waals surface area contributed by atoms with Crippen LogP contribution in [0.1, 0.15) is 90.9 Å². The van der Waals surface area contributed by atoms with Crippen molar-refractivity contribution in [2.75, 3.05) is 6.54 Å². The van der Waals surface area contributed by atoms with Crippen molar-refractivity contribution in [1.29, 1.82) is 0 Å². The summed E-state index contributed by atoms with van der Waals surface area (Å²) in [5, 5.41) is 9.31. The monoisotopic (exact) mass is 327 g/mol. The number of quaternary nitrogens is 1. The van der Waals surface area contributed by atoms with E-state index in [1.54, 1.807) is 0 Å². The van der Waals surface area contributed by atoms with Gasteiger partial charge < -0.3 is 0 Å². The predicted molar refractivity (Wildman–Crippen MR) is 96.2 cm³/mol. The molecule has 0 aromatic rings. The molecule has 0 amide bonds. The van der Waals surface area contributed by atoms with Crippen LogP contribution in [0.4, 0.5) is 0 Å². The highest BCUT2D eigenvalue weighted by Crippen LogP contribution is 2.14. The lowest BCUT2D eigenvalue weighted by Crippen LogP contribution is -3.12. The molecular formula is C19H39N2O2+. The van der Waals surface area contributed by atoms with E-state index in [9.17, 15) is 4.79 Å². The SMILES string of the molecule is C=C[NH+](O)NCCCCCCCC(=O)CCCCCC(C)CC. The minimum Gasteiger partial charge on any atom is -0.300 e. The molecule has 23 heavy (non-hydrogen) atoms. The molecule has 3 N–H and O–H groups in total. The summed E-state index contributed by atoms with van der Waals surface area (Å²) >= 11 is 0. The lowest BCUT2D eigenvalue weighted by molar-refractivity contribution is -1.08. The van der Waals surface area contributed by atoms with Gasteiger partial charge >= 0.3 is 0 Å². The number of hydroxylamine groups is 1.